The molecule has 0 spiro atoms. The molecule has 0 saturated carbocycles. The molecule has 80 valence electrons. The summed E-state index contributed by atoms with van der Waals surface area (Å²) in [5, 5.41) is 1.03. The summed E-state index contributed by atoms with van der Waals surface area (Å²) in [5.41, 5.74) is 0.753. The average Bonchev–Trinajstić information content (AvgIpc) is 2.70. The summed E-state index contributed by atoms with van der Waals surface area (Å²) in [6.45, 7) is 5.10. The number of hydrogen-bond donors (Lipinski definition) is 0. The second kappa shape index (κ2) is 4.26. The number of furan rings is 1. The molecule has 0 aliphatic rings. The van der Waals surface area contributed by atoms with Crippen molar-refractivity contribution >= 4 is 11.0 Å². The molecule has 1 aromatic heterocycles. The van der Waals surface area contributed by atoms with Gasteiger partial charge < -0.3 is 13.9 Å². The fourth-order valence-corrected chi connectivity index (χ4v) is 1.54. The summed E-state index contributed by atoms with van der Waals surface area (Å²) < 4.78 is 16.4. The van der Waals surface area contributed by atoms with E-state index in [0.717, 1.165) is 16.7 Å². The molecule has 15 heavy (non-hydrogen) atoms. The van der Waals surface area contributed by atoms with E-state index in [4.69, 9.17) is 13.9 Å². The lowest BCUT2D eigenvalue weighted by molar-refractivity contribution is 0.287. The van der Waals surface area contributed by atoms with E-state index in [1.807, 2.05) is 32.0 Å². The van der Waals surface area contributed by atoms with Crippen molar-refractivity contribution in [2.45, 2.75) is 13.8 Å². The van der Waals surface area contributed by atoms with Gasteiger partial charge in [-0.1, -0.05) is 0 Å². The van der Waals surface area contributed by atoms with Crippen LogP contribution in [0, 0.1) is 0 Å². The van der Waals surface area contributed by atoms with Crippen molar-refractivity contribution in [2.24, 2.45) is 0 Å². The highest BCUT2D eigenvalue weighted by molar-refractivity contribution is 5.85. The molecule has 2 rings (SSSR count). The van der Waals surface area contributed by atoms with E-state index < -0.39 is 0 Å². The van der Waals surface area contributed by atoms with E-state index >= 15 is 0 Å². The molecule has 0 saturated heterocycles. The van der Waals surface area contributed by atoms with Gasteiger partial charge in [0.15, 0.2) is 11.3 Å². The zero-order valence-electron chi connectivity index (χ0n) is 8.95. The van der Waals surface area contributed by atoms with Gasteiger partial charge in [-0.05, 0) is 32.0 Å². The number of fused-ring (bicyclic) bond motifs is 1. The minimum Gasteiger partial charge on any atom is -0.490 e. The Labute approximate surface area is 88.6 Å². The van der Waals surface area contributed by atoms with Crippen molar-refractivity contribution in [3.63, 3.8) is 0 Å². The highest BCUT2D eigenvalue weighted by Crippen LogP contribution is 2.36. The fraction of sp³-hybridized carbons (Fsp3) is 0.333. The molecule has 0 fully saturated rings. The maximum absolute atomic E-state index is 5.54. The van der Waals surface area contributed by atoms with Crippen LogP contribution in [-0.2, 0) is 0 Å². The van der Waals surface area contributed by atoms with E-state index in [1.165, 1.54) is 0 Å². The summed E-state index contributed by atoms with van der Waals surface area (Å²) in [7, 11) is 0. The van der Waals surface area contributed by atoms with Crippen LogP contribution in [-0.4, -0.2) is 13.2 Å². The van der Waals surface area contributed by atoms with Gasteiger partial charge in [0.25, 0.3) is 0 Å². The van der Waals surface area contributed by atoms with Crippen molar-refractivity contribution in [3.05, 3.63) is 24.5 Å². The summed E-state index contributed by atoms with van der Waals surface area (Å²) in [5.74, 6) is 1.43. The summed E-state index contributed by atoms with van der Waals surface area (Å²) >= 11 is 0. The average molecular weight is 206 g/mol. The Morgan fingerprint density at radius 2 is 1.87 bits per heavy atom. The first kappa shape index (κ1) is 9.90. The van der Waals surface area contributed by atoms with Crippen LogP contribution in [0.4, 0.5) is 0 Å². The van der Waals surface area contributed by atoms with Crippen LogP contribution in [0.1, 0.15) is 13.8 Å². The van der Waals surface area contributed by atoms with Crippen molar-refractivity contribution < 1.29 is 13.9 Å². The molecule has 0 aliphatic carbocycles. The zero-order valence-corrected chi connectivity index (χ0v) is 8.95. The van der Waals surface area contributed by atoms with Crippen LogP contribution >= 0.6 is 0 Å². The molecule has 0 radical (unpaired) electrons. The highest BCUT2D eigenvalue weighted by atomic mass is 16.5. The topological polar surface area (TPSA) is 31.6 Å². The van der Waals surface area contributed by atoms with Crippen LogP contribution in [0.15, 0.2) is 28.9 Å². The number of ether oxygens (including phenoxy) is 2. The minimum atomic E-state index is 0.597. The molecular formula is C12H14O3. The Balaban J connectivity index is 2.53. The molecule has 3 nitrogen and oxygen atoms in total. The molecule has 0 amide bonds. The maximum atomic E-state index is 5.54. The number of benzene rings is 1. The second-order valence-electron chi connectivity index (χ2n) is 3.10. The van der Waals surface area contributed by atoms with Crippen molar-refractivity contribution in [3.8, 4) is 11.5 Å². The third kappa shape index (κ3) is 1.77. The monoisotopic (exact) mass is 206 g/mol. The lowest BCUT2D eigenvalue weighted by Gasteiger charge is -2.10. The Morgan fingerprint density at radius 1 is 1.07 bits per heavy atom. The Kier molecular flexibility index (Phi) is 2.81. The van der Waals surface area contributed by atoms with Crippen LogP contribution in [0.5, 0.6) is 11.5 Å². The second-order valence-corrected chi connectivity index (χ2v) is 3.10. The largest absolute Gasteiger partial charge is 0.490 e. The predicted octanol–water partition coefficient (Wildman–Crippen LogP) is 3.23. The molecule has 2 aromatic rings. The minimum absolute atomic E-state index is 0.597. The lowest BCUT2D eigenvalue weighted by Crippen LogP contribution is -1.98. The maximum Gasteiger partial charge on any atom is 0.204 e. The van der Waals surface area contributed by atoms with Crippen LogP contribution < -0.4 is 9.47 Å². The van der Waals surface area contributed by atoms with Gasteiger partial charge in [-0.3, -0.25) is 0 Å². The predicted molar refractivity (Wildman–Crippen MR) is 58.6 cm³/mol. The molecule has 0 bridgehead atoms. The number of rotatable bonds is 4. The first-order chi connectivity index (χ1) is 7.36. The van der Waals surface area contributed by atoms with Gasteiger partial charge in [0.1, 0.15) is 0 Å². The molecule has 1 heterocycles. The van der Waals surface area contributed by atoms with Gasteiger partial charge in [0, 0.05) is 5.39 Å². The summed E-state index contributed by atoms with van der Waals surface area (Å²) in [6, 6.07) is 5.78. The van der Waals surface area contributed by atoms with E-state index in [1.54, 1.807) is 6.26 Å². The standard InChI is InChI=1S/C12H14O3/c1-3-13-10-6-5-9-7-8-15-11(9)12(10)14-4-2/h5-8H,3-4H2,1-2H3. The van der Waals surface area contributed by atoms with Gasteiger partial charge in [-0.15, -0.1) is 0 Å². The Morgan fingerprint density at radius 3 is 2.60 bits per heavy atom. The molecule has 0 N–H and O–H groups in total. The molecular weight excluding hydrogens is 192 g/mol. The van der Waals surface area contributed by atoms with Crippen LogP contribution in [0.25, 0.3) is 11.0 Å². The molecule has 0 unspecified atom stereocenters. The lowest BCUT2D eigenvalue weighted by atomic mass is 10.2. The summed E-state index contributed by atoms with van der Waals surface area (Å²) in [6.07, 6.45) is 1.66. The molecule has 1 aromatic carbocycles. The van der Waals surface area contributed by atoms with E-state index in [9.17, 15) is 0 Å². The smallest absolute Gasteiger partial charge is 0.204 e. The van der Waals surface area contributed by atoms with Crippen molar-refractivity contribution in [1.29, 1.82) is 0 Å². The zero-order chi connectivity index (χ0) is 10.7. The van der Waals surface area contributed by atoms with Gasteiger partial charge in [0.05, 0.1) is 19.5 Å². The quantitative estimate of drug-likeness (QED) is 0.769. The van der Waals surface area contributed by atoms with Crippen molar-refractivity contribution in [1.82, 2.24) is 0 Å². The number of hydrogen-bond acceptors (Lipinski definition) is 3. The Bertz CT molecular complexity index is 445. The van der Waals surface area contributed by atoms with Gasteiger partial charge >= 0.3 is 0 Å². The van der Waals surface area contributed by atoms with E-state index in [-0.39, 0.29) is 0 Å². The fourth-order valence-electron chi connectivity index (χ4n) is 1.54. The van der Waals surface area contributed by atoms with E-state index in [0.29, 0.717) is 19.0 Å². The van der Waals surface area contributed by atoms with E-state index in [2.05, 4.69) is 0 Å². The normalized spacial score (nSPS) is 10.5. The Hall–Kier alpha value is -1.64. The van der Waals surface area contributed by atoms with Crippen LogP contribution in [0.2, 0.25) is 0 Å². The molecule has 3 heteroatoms. The van der Waals surface area contributed by atoms with Crippen LogP contribution in [0.3, 0.4) is 0 Å². The SMILES string of the molecule is CCOc1ccc2ccoc2c1OCC. The highest BCUT2D eigenvalue weighted by Gasteiger charge is 2.12. The van der Waals surface area contributed by atoms with Crippen molar-refractivity contribution in [2.75, 3.05) is 13.2 Å². The van der Waals surface area contributed by atoms with Gasteiger partial charge in [-0.25, -0.2) is 0 Å². The third-order valence-corrected chi connectivity index (χ3v) is 2.13. The molecule has 0 atom stereocenters. The summed E-state index contributed by atoms with van der Waals surface area (Å²) in [4.78, 5) is 0. The van der Waals surface area contributed by atoms with Gasteiger partial charge in [-0.2, -0.15) is 0 Å². The third-order valence-electron chi connectivity index (χ3n) is 2.13. The van der Waals surface area contributed by atoms with Gasteiger partial charge in [0.2, 0.25) is 5.75 Å². The molecule has 0 aliphatic heterocycles. The first-order valence-electron chi connectivity index (χ1n) is 5.12. The first-order valence-corrected chi connectivity index (χ1v) is 5.12.